The van der Waals surface area contributed by atoms with E-state index in [0.29, 0.717) is 0 Å². The van der Waals surface area contributed by atoms with Crippen LogP contribution in [0.4, 0.5) is 5.69 Å². The topological polar surface area (TPSA) is 64.6 Å². The zero-order valence-electron chi connectivity index (χ0n) is 15.6. The molecule has 1 N–H and O–H groups in total. The summed E-state index contributed by atoms with van der Waals surface area (Å²) < 4.78 is 10.5. The molecule has 0 amide bonds. The van der Waals surface area contributed by atoms with Crippen LogP contribution in [0.3, 0.4) is 0 Å². The Bertz CT molecular complexity index is 901. The number of anilines is 1. The molecule has 0 saturated carbocycles. The largest absolute Gasteiger partial charge is 0.465 e. The van der Waals surface area contributed by atoms with Crippen LogP contribution in [0.5, 0.6) is 0 Å². The number of ether oxygens (including phenoxy) is 2. The monoisotopic (exact) mass is 421 g/mol. The van der Waals surface area contributed by atoms with Crippen LogP contribution in [-0.2, 0) is 19.1 Å². The van der Waals surface area contributed by atoms with Gasteiger partial charge < -0.3 is 14.8 Å². The Morgan fingerprint density at radius 1 is 1.07 bits per heavy atom. The predicted octanol–water partition coefficient (Wildman–Crippen LogP) is 4.28. The standard InChI is InChI=1S/C19H19NO4S3/c1-9-6-7-11-10(8-9)12(15(25)19(2,3)20-11)18-26-13(16(21)23-4)14(27-18)17(22)24-5/h6-8,20H,1-5H3. The van der Waals surface area contributed by atoms with Crippen molar-refractivity contribution in [2.75, 3.05) is 19.5 Å². The van der Waals surface area contributed by atoms with Gasteiger partial charge in [0.15, 0.2) is 0 Å². The summed E-state index contributed by atoms with van der Waals surface area (Å²) in [6.45, 7) is 6.04. The zero-order valence-corrected chi connectivity index (χ0v) is 18.0. The Hall–Kier alpha value is -1.77. The fourth-order valence-electron chi connectivity index (χ4n) is 2.86. The van der Waals surface area contributed by atoms with Gasteiger partial charge in [0.1, 0.15) is 9.81 Å². The van der Waals surface area contributed by atoms with E-state index in [-0.39, 0.29) is 9.81 Å². The summed E-state index contributed by atoms with van der Waals surface area (Å²) >= 11 is 8.20. The minimum Gasteiger partial charge on any atom is -0.465 e. The summed E-state index contributed by atoms with van der Waals surface area (Å²) in [5.74, 6) is -1.13. The molecule has 0 bridgehead atoms. The van der Waals surface area contributed by atoms with Gasteiger partial charge in [0.2, 0.25) is 0 Å². The quantitative estimate of drug-likeness (QED) is 0.431. The molecule has 0 fully saturated rings. The maximum absolute atomic E-state index is 12.2. The van der Waals surface area contributed by atoms with E-state index in [1.165, 1.54) is 37.7 Å². The molecule has 2 aliphatic heterocycles. The molecule has 0 radical (unpaired) electrons. The first-order valence-electron chi connectivity index (χ1n) is 8.14. The normalized spacial score (nSPS) is 18.2. The highest BCUT2D eigenvalue weighted by Crippen LogP contribution is 2.55. The Morgan fingerprint density at radius 3 is 2.15 bits per heavy atom. The number of thiocarbonyl (C=S) groups is 1. The lowest BCUT2D eigenvalue weighted by Crippen LogP contribution is -2.43. The van der Waals surface area contributed by atoms with E-state index in [1.54, 1.807) is 0 Å². The molecule has 1 aromatic carbocycles. The molecule has 5 nitrogen and oxygen atoms in total. The van der Waals surface area contributed by atoms with Gasteiger partial charge >= 0.3 is 11.9 Å². The molecule has 0 unspecified atom stereocenters. The Labute approximate surface area is 171 Å². The third kappa shape index (κ3) is 3.53. The zero-order chi connectivity index (χ0) is 19.9. The van der Waals surface area contributed by atoms with Crippen LogP contribution in [0.2, 0.25) is 0 Å². The van der Waals surface area contributed by atoms with E-state index in [9.17, 15) is 9.59 Å². The summed E-state index contributed by atoms with van der Waals surface area (Å²) in [5, 5.41) is 3.47. The van der Waals surface area contributed by atoms with Gasteiger partial charge in [0.25, 0.3) is 0 Å². The Balaban J connectivity index is 2.19. The Morgan fingerprint density at radius 2 is 1.63 bits per heavy atom. The predicted molar refractivity (Wildman–Crippen MR) is 115 cm³/mol. The maximum Gasteiger partial charge on any atom is 0.346 e. The number of aryl methyl sites for hydroxylation is 1. The van der Waals surface area contributed by atoms with Crippen molar-refractivity contribution in [1.29, 1.82) is 0 Å². The van der Waals surface area contributed by atoms with E-state index < -0.39 is 17.5 Å². The first-order valence-corrected chi connectivity index (χ1v) is 10.2. The van der Waals surface area contributed by atoms with E-state index >= 15 is 0 Å². The van der Waals surface area contributed by atoms with Crippen molar-refractivity contribution in [2.45, 2.75) is 26.3 Å². The summed E-state index contributed by atoms with van der Waals surface area (Å²) in [6, 6.07) is 6.11. The SMILES string of the molecule is COC(=O)C1=C(C(=O)OC)SC(=C2C(=S)C(C)(C)Nc3ccc(C)cc32)S1. The number of carbonyl (C=O) groups is 2. The van der Waals surface area contributed by atoms with Crippen molar-refractivity contribution in [1.82, 2.24) is 0 Å². The van der Waals surface area contributed by atoms with Crippen molar-refractivity contribution < 1.29 is 19.1 Å². The van der Waals surface area contributed by atoms with Gasteiger partial charge in [-0.3, -0.25) is 0 Å². The first-order chi connectivity index (χ1) is 12.7. The molecular weight excluding hydrogens is 402 g/mol. The van der Waals surface area contributed by atoms with Crippen LogP contribution in [0.15, 0.2) is 32.2 Å². The number of fused-ring (bicyclic) bond motifs is 1. The second-order valence-corrected chi connectivity index (χ2v) is 9.34. The molecule has 0 aliphatic carbocycles. The lowest BCUT2D eigenvalue weighted by Gasteiger charge is -2.37. The number of hydrogen-bond donors (Lipinski definition) is 1. The second-order valence-electron chi connectivity index (χ2n) is 6.64. The van der Waals surface area contributed by atoms with Crippen molar-refractivity contribution in [3.8, 4) is 0 Å². The van der Waals surface area contributed by atoms with Gasteiger partial charge in [-0.1, -0.05) is 47.4 Å². The Kier molecular flexibility index (Phi) is 5.42. The third-order valence-corrected chi connectivity index (χ3v) is 7.50. The molecular formula is C19H19NO4S3. The smallest absolute Gasteiger partial charge is 0.346 e. The highest BCUT2D eigenvalue weighted by Gasteiger charge is 2.40. The number of thioether (sulfide) groups is 2. The fraction of sp³-hybridized carbons (Fsp3) is 0.316. The van der Waals surface area contributed by atoms with E-state index in [2.05, 4.69) is 11.4 Å². The van der Waals surface area contributed by atoms with Crippen LogP contribution in [-0.4, -0.2) is 36.6 Å². The molecule has 0 aromatic heterocycles. The highest BCUT2D eigenvalue weighted by molar-refractivity contribution is 8.29. The van der Waals surface area contributed by atoms with Crippen molar-refractivity contribution in [2.24, 2.45) is 0 Å². The van der Waals surface area contributed by atoms with E-state index in [0.717, 1.165) is 31.5 Å². The molecule has 0 spiro atoms. The average Bonchev–Trinajstić information content (AvgIpc) is 3.06. The van der Waals surface area contributed by atoms with Gasteiger partial charge in [0, 0.05) is 21.7 Å². The van der Waals surface area contributed by atoms with Crippen LogP contribution >= 0.6 is 35.7 Å². The van der Waals surface area contributed by atoms with Gasteiger partial charge in [-0.25, -0.2) is 9.59 Å². The van der Waals surface area contributed by atoms with Crippen molar-refractivity contribution >= 4 is 63.8 Å². The van der Waals surface area contributed by atoms with Crippen LogP contribution in [0.1, 0.15) is 25.0 Å². The number of nitrogens with one attached hydrogen (secondary N) is 1. The lowest BCUT2D eigenvalue weighted by atomic mass is 9.85. The number of rotatable bonds is 2. The molecule has 1 aromatic rings. The molecule has 0 saturated heterocycles. The summed E-state index contributed by atoms with van der Waals surface area (Å²) in [4.78, 5) is 25.6. The molecule has 0 atom stereocenters. The number of esters is 2. The number of hydrogen-bond acceptors (Lipinski definition) is 8. The lowest BCUT2D eigenvalue weighted by molar-refractivity contribution is -0.138. The second kappa shape index (κ2) is 7.33. The van der Waals surface area contributed by atoms with Gasteiger partial charge in [0.05, 0.1) is 24.0 Å². The van der Waals surface area contributed by atoms with Crippen LogP contribution in [0, 0.1) is 6.92 Å². The summed E-state index contributed by atoms with van der Waals surface area (Å²) in [6.07, 6.45) is 0. The van der Waals surface area contributed by atoms with Crippen LogP contribution < -0.4 is 5.32 Å². The molecule has 142 valence electrons. The summed E-state index contributed by atoms with van der Waals surface area (Å²) in [7, 11) is 2.58. The van der Waals surface area contributed by atoms with Crippen LogP contribution in [0.25, 0.3) is 5.57 Å². The number of methoxy groups -OCH3 is 2. The fourth-order valence-corrected chi connectivity index (χ4v) is 5.85. The average molecular weight is 422 g/mol. The maximum atomic E-state index is 12.2. The third-order valence-electron chi connectivity index (χ3n) is 4.23. The highest BCUT2D eigenvalue weighted by atomic mass is 32.2. The van der Waals surface area contributed by atoms with E-state index in [4.69, 9.17) is 21.7 Å². The minimum absolute atomic E-state index is 0.227. The van der Waals surface area contributed by atoms with E-state index in [1.807, 2.05) is 32.9 Å². The number of carbonyl (C=O) groups excluding carboxylic acids is 2. The molecule has 8 heteroatoms. The molecule has 27 heavy (non-hydrogen) atoms. The minimum atomic E-state index is -0.563. The van der Waals surface area contributed by atoms with Crippen molar-refractivity contribution in [3.05, 3.63) is 43.4 Å². The first kappa shape index (κ1) is 20.0. The van der Waals surface area contributed by atoms with Gasteiger partial charge in [-0.05, 0) is 32.9 Å². The summed E-state index contributed by atoms with van der Waals surface area (Å²) in [5.41, 5.74) is 3.44. The van der Waals surface area contributed by atoms with Gasteiger partial charge in [-0.15, -0.1) is 0 Å². The van der Waals surface area contributed by atoms with Gasteiger partial charge in [-0.2, -0.15) is 0 Å². The molecule has 2 heterocycles. The number of benzene rings is 1. The van der Waals surface area contributed by atoms with Crippen molar-refractivity contribution in [3.63, 3.8) is 0 Å². The molecule has 3 rings (SSSR count). The molecule has 2 aliphatic rings.